The number of likely N-dealkylation sites (tertiary alicyclic amines) is 1. The summed E-state index contributed by atoms with van der Waals surface area (Å²) in [5.74, 6) is -1.36. The number of amides is 2. The number of alkyl halides is 1. The van der Waals surface area contributed by atoms with Gasteiger partial charge in [-0.3, -0.25) is 9.59 Å². The largest absolute Gasteiger partial charge is 0.459 e. The number of halogens is 1. The lowest BCUT2D eigenvalue weighted by atomic mass is 9.86. The maximum Gasteiger partial charge on any atom is 0.330 e. The second-order valence-electron chi connectivity index (χ2n) is 8.84. The van der Waals surface area contributed by atoms with Crippen molar-refractivity contribution in [2.75, 3.05) is 13.1 Å². The number of ether oxygens (including phenoxy) is 1. The smallest absolute Gasteiger partial charge is 0.330 e. The first kappa shape index (κ1) is 22.6. The van der Waals surface area contributed by atoms with Crippen molar-refractivity contribution in [2.45, 2.75) is 66.3 Å². The molecule has 168 valence electrons. The van der Waals surface area contributed by atoms with E-state index in [9.17, 15) is 19.5 Å². The average Bonchev–Trinajstić information content (AvgIpc) is 3.06. The van der Waals surface area contributed by atoms with Crippen LogP contribution in [-0.2, 0) is 25.7 Å². The number of fused-ring (bicyclic) bond motifs is 1. The van der Waals surface area contributed by atoms with Crippen LogP contribution in [-0.4, -0.2) is 72.4 Å². The second kappa shape index (κ2) is 8.41. The third-order valence-electron chi connectivity index (χ3n) is 6.27. The maximum absolute atomic E-state index is 13.2. The summed E-state index contributed by atoms with van der Waals surface area (Å²) in [6.07, 6.45) is 1.36. The number of hydrogen-bond acceptors (Lipinski definition) is 6. The number of thioether (sulfide) groups is 1. The van der Waals surface area contributed by atoms with Crippen molar-refractivity contribution in [3.8, 4) is 0 Å². The first-order valence-corrected chi connectivity index (χ1v) is 12.2. The Morgan fingerprint density at radius 2 is 1.87 bits per heavy atom. The van der Waals surface area contributed by atoms with Crippen LogP contribution in [0.15, 0.2) is 30.3 Å². The van der Waals surface area contributed by atoms with E-state index in [0.717, 1.165) is 24.8 Å². The highest BCUT2D eigenvalue weighted by Crippen LogP contribution is 2.59. The van der Waals surface area contributed by atoms with Gasteiger partial charge < -0.3 is 19.6 Å². The molecule has 0 aromatic heterocycles. The maximum atomic E-state index is 13.2. The van der Waals surface area contributed by atoms with Gasteiger partial charge in [-0.2, -0.15) is 0 Å². The van der Waals surface area contributed by atoms with E-state index >= 15 is 0 Å². The summed E-state index contributed by atoms with van der Waals surface area (Å²) in [6, 6.07) is 8.57. The summed E-state index contributed by atoms with van der Waals surface area (Å²) in [7, 11) is 0. The van der Waals surface area contributed by atoms with Gasteiger partial charge in [0, 0.05) is 17.8 Å². The molecule has 4 rings (SSSR count). The molecule has 0 radical (unpaired) electrons. The number of esters is 1. The Bertz CT molecular complexity index is 876. The number of nitrogens with zero attached hydrogens (tertiary/aromatic N) is 2. The standard InChI is InChI=1S/C22H27BrN2O5S/c1-21(2)15(18(28)30-13-14-9-5-3-6-10-14)25-19(29)22(23,20(25)31-21)16(26)17(27)24-11-7-4-8-12-24/h3,5-6,9-10,15-16,20,26H,4,7-8,11-13H2,1-2H3/t15-,16+,20+,22?/m0/s1. The zero-order valence-electron chi connectivity index (χ0n) is 17.6. The summed E-state index contributed by atoms with van der Waals surface area (Å²) in [4.78, 5) is 42.1. The van der Waals surface area contributed by atoms with Crippen molar-refractivity contribution in [1.29, 1.82) is 0 Å². The first-order chi connectivity index (χ1) is 14.7. The summed E-state index contributed by atoms with van der Waals surface area (Å²) in [6.45, 7) is 5.07. The van der Waals surface area contributed by atoms with E-state index < -0.39 is 44.4 Å². The molecule has 0 saturated carbocycles. The molecule has 0 aliphatic carbocycles. The van der Waals surface area contributed by atoms with Gasteiger partial charge in [-0.15, -0.1) is 11.8 Å². The van der Waals surface area contributed by atoms with E-state index in [2.05, 4.69) is 15.9 Å². The normalized spacial score (nSPS) is 30.4. The molecule has 3 heterocycles. The van der Waals surface area contributed by atoms with Gasteiger partial charge in [0.15, 0.2) is 10.4 Å². The molecule has 3 saturated heterocycles. The van der Waals surface area contributed by atoms with Crippen LogP contribution in [0.2, 0.25) is 0 Å². The summed E-state index contributed by atoms with van der Waals surface area (Å²) in [5, 5.41) is 10.4. The highest BCUT2D eigenvalue weighted by molar-refractivity contribution is 9.10. The van der Waals surface area contributed by atoms with Crippen molar-refractivity contribution in [3.63, 3.8) is 0 Å². The molecule has 7 nitrogen and oxygen atoms in total. The topological polar surface area (TPSA) is 87.2 Å². The van der Waals surface area contributed by atoms with Crippen LogP contribution in [0.4, 0.5) is 0 Å². The lowest BCUT2D eigenvalue weighted by Gasteiger charge is -2.52. The lowest BCUT2D eigenvalue weighted by molar-refractivity contribution is -0.171. The molecule has 3 aliphatic heterocycles. The number of hydrogen-bond donors (Lipinski definition) is 1. The predicted molar refractivity (Wildman–Crippen MR) is 120 cm³/mol. The fraction of sp³-hybridized carbons (Fsp3) is 0.591. The van der Waals surface area contributed by atoms with Crippen molar-refractivity contribution in [2.24, 2.45) is 0 Å². The van der Waals surface area contributed by atoms with Crippen molar-refractivity contribution >= 4 is 45.5 Å². The molecule has 2 amide bonds. The minimum Gasteiger partial charge on any atom is -0.459 e. The Labute approximate surface area is 194 Å². The molecular formula is C22H27BrN2O5S. The number of β-lactam (4-membered cyclic amide) rings is 1. The minimum absolute atomic E-state index is 0.124. The minimum atomic E-state index is -1.50. The van der Waals surface area contributed by atoms with Crippen LogP contribution in [0.1, 0.15) is 38.7 Å². The third-order valence-corrected chi connectivity index (χ3v) is 9.44. The molecule has 31 heavy (non-hydrogen) atoms. The average molecular weight is 511 g/mol. The van der Waals surface area contributed by atoms with E-state index in [4.69, 9.17) is 4.74 Å². The summed E-state index contributed by atoms with van der Waals surface area (Å²) < 4.78 is 3.46. The molecule has 1 aromatic rings. The predicted octanol–water partition coefficient (Wildman–Crippen LogP) is 2.30. The van der Waals surface area contributed by atoms with Crippen LogP contribution < -0.4 is 0 Å². The first-order valence-electron chi connectivity index (χ1n) is 10.5. The molecule has 0 bridgehead atoms. The van der Waals surface area contributed by atoms with Gasteiger partial charge in [-0.05, 0) is 38.7 Å². The Balaban J connectivity index is 1.48. The number of rotatable bonds is 5. The third kappa shape index (κ3) is 3.78. The number of carbonyl (C=O) groups is 3. The number of carbonyl (C=O) groups excluding carboxylic acids is 3. The molecule has 9 heteroatoms. The van der Waals surface area contributed by atoms with E-state index in [0.29, 0.717) is 13.1 Å². The molecule has 4 atom stereocenters. The van der Waals surface area contributed by atoms with Gasteiger partial charge in [0.25, 0.3) is 5.91 Å². The van der Waals surface area contributed by atoms with Gasteiger partial charge in [0.2, 0.25) is 5.91 Å². The van der Waals surface area contributed by atoms with Gasteiger partial charge in [0.1, 0.15) is 18.0 Å². The number of aliphatic hydroxyl groups is 1. The molecule has 1 unspecified atom stereocenters. The molecule has 0 spiro atoms. The Kier molecular flexibility index (Phi) is 6.13. The Morgan fingerprint density at radius 1 is 1.23 bits per heavy atom. The van der Waals surface area contributed by atoms with Gasteiger partial charge in [0.05, 0.1) is 0 Å². The van der Waals surface area contributed by atoms with E-state index in [-0.39, 0.29) is 6.61 Å². The van der Waals surface area contributed by atoms with E-state index in [1.165, 1.54) is 16.7 Å². The van der Waals surface area contributed by atoms with Gasteiger partial charge >= 0.3 is 5.97 Å². The summed E-state index contributed by atoms with van der Waals surface area (Å²) >= 11 is 4.82. The Hall–Kier alpha value is -1.58. The lowest BCUT2D eigenvalue weighted by Crippen LogP contribution is -2.76. The zero-order valence-corrected chi connectivity index (χ0v) is 20.0. The molecular weight excluding hydrogens is 484 g/mol. The quantitative estimate of drug-likeness (QED) is 0.371. The SMILES string of the molecule is CC1(C)S[C@H]2N(C(=O)C2(Br)[C@H](O)C(=O)N2CCCCC2)[C@H]1C(=O)OCc1ccccc1. The van der Waals surface area contributed by atoms with Crippen molar-refractivity contribution < 1.29 is 24.2 Å². The van der Waals surface area contributed by atoms with Crippen molar-refractivity contribution in [1.82, 2.24) is 9.80 Å². The highest BCUT2D eigenvalue weighted by atomic mass is 79.9. The number of aliphatic hydroxyl groups excluding tert-OH is 1. The number of piperidine rings is 1. The zero-order chi connectivity index (χ0) is 22.4. The summed E-state index contributed by atoms with van der Waals surface area (Å²) in [5.41, 5.74) is 0.864. The van der Waals surface area contributed by atoms with Crippen LogP contribution in [0.3, 0.4) is 0 Å². The van der Waals surface area contributed by atoms with E-state index in [1.807, 2.05) is 44.2 Å². The Morgan fingerprint density at radius 3 is 2.52 bits per heavy atom. The van der Waals surface area contributed by atoms with Crippen LogP contribution >= 0.6 is 27.7 Å². The van der Waals surface area contributed by atoms with Gasteiger partial charge in [-0.1, -0.05) is 46.3 Å². The van der Waals surface area contributed by atoms with Crippen LogP contribution in [0.25, 0.3) is 0 Å². The molecule has 3 aliphatic rings. The second-order valence-corrected chi connectivity index (χ2v) is 11.9. The van der Waals surface area contributed by atoms with Crippen LogP contribution in [0, 0.1) is 0 Å². The van der Waals surface area contributed by atoms with Crippen LogP contribution in [0.5, 0.6) is 0 Å². The molecule has 3 fully saturated rings. The number of benzene rings is 1. The monoisotopic (exact) mass is 510 g/mol. The van der Waals surface area contributed by atoms with E-state index in [1.54, 1.807) is 4.90 Å². The van der Waals surface area contributed by atoms with Gasteiger partial charge in [-0.25, -0.2) is 4.79 Å². The fourth-order valence-electron chi connectivity index (χ4n) is 4.55. The molecule has 1 aromatic carbocycles. The highest BCUT2D eigenvalue weighted by Gasteiger charge is 2.74. The van der Waals surface area contributed by atoms with Crippen molar-refractivity contribution in [3.05, 3.63) is 35.9 Å². The molecule has 1 N–H and O–H groups in total. The fourth-order valence-corrected chi connectivity index (χ4v) is 7.10.